The Labute approximate surface area is 121 Å². The van der Waals surface area contributed by atoms with Crippen LogP contribution in [0.2, 0.25) is 0 Å². The highest BCUT2D eigenvalue weighted by Crippen LogP contribution is 2.37. The molecular weight excluding hydrogens is 254 g/mol. The lowest BCUT2D eigenvalue weighted by Gasteiger charge is -2.38. The van der Waals surface area contributed by atoms with Crippen LogP contribution in [0.5, 0.6) is 0 Å². The minimum Gasteiger partial charge on any atom is -0.468 e. The lowest BCUT2D eigenvalue weighted by Crippen LogP contribution is -2.43. The molecule has 3 unspecified atom stereocenters. The van der Waals surface area contributed by atoms with Crippen LogP contribution in [0.25, 0.3) is 0 Å². The molecule has 0 aromatic carbocycles. The maximum Gasteiger partial charge on any atom is 0.113 e. The first kappa shape index (κ1) is 15.0. The highest BCUT2D eigenvalue weighted by Gasteiger charge is 2.31. The molecule has 2 nitrogen and oxygen atoms in total. The summed E-state index contributed by atoms with van der Waals surface area (Å²) in [4.78, 5) is 0. The van der Waals surface area contributed by atoms with Crippen molar-refractivity contribution in [3.05, 3.63) is 24.2 Å². The molecule has 0 saturated heterocycles. The predicted octanol–water partition coefficient (Wildman–Crippen LogP) is 4.32. The quantitative estimate of drug-likeness (QED) is 0.841. The fourth-order valence-corrected chi connectivity index (χ4v) is 4.42. The normalized spacial score (nSPS) is 27.9. The average molecular weight is 281 g/mol. The highest BCUT2D eigenvalue weighted by atomic mass is 32.2. The molecule has 108 valence electrons. The van der Waals surface area contributed by atoms with Crippen LogP contribution in [-0.4, -0.2) is 17.8 Å². The van der Waals surface area contributed by atoms with E-state index < -0.39 is 0 Å². The number of furan rings is 1. The third kappa shape index (κ3) is 4.28. The van der Waals surface area contributed by atoms with Gasteiger partial charge in [0.1, 0.15) is 5.76 Å². The second-order valence-electron chi connectivity index (χ2n) is 5.91. The van der Waals surface area contributed by atoms with Gasteiger partial charge in [0.05, 0.1) is 12.0 Å². The first-order chi connectivity index (χ1) is 9.20. The first-order valence-corrected chi connectivity index (χ1v) is 8.63. The monoisotopic (exact) mass is 281 g/mol. The van der Waals surface area contributed by atoms with Crippen molar-refractivity contribution < 1.29 is 4.42 Å². The first-order valence-electron chi connectivity index (χ1n) is 7.58. The standard InChI is InChI=1S/C16H27NOS/c1-4-17-15-8-7-13(12(2)3)10-16(15)19-11-14-6-5-9-18-14/h5-6,9,12-13,15-17H,4,7-8,10-11H2,1-3H3. The summed E-state index contributed by atoms with van der Waals surface area (Å²) in [5.41, 5.74) is 0. The molecule has 19 heavy (non-hydrogen) atoms. The van der Waals surface area contributed by atoms with Crippen molar-refractivity contribution in [2.75, 3.05) is 6.54 Å². The van der Waals surface area contributed by atoms with Gasteiger partial charge in [-0.15, -0.1) is 11.8 Å². The van der Waals surface area contributed by atoms with Gasteiger partial charge in [-0.2, -0.15) is 0 Å². The molecule has 1 N–H and O–H groups in total. The molecule has 0 bridgehead atoms. The van der Waals surface area contributed by atoms with Crippen molar-refractivity contribution in [1.82, 2.24) is 5.32 Å². The minimum absolute atomic E-state index is 0.681. The average Bonchev–Trinajstić information content (AvgIpc) is 2.90. The van der Waals surface area contributed by atoms with E-state index in [1.807, 2.05) is 6.07 Å². The SMILES string of the molecule is CCNC1CCC(C(C)C)CC1SCc1ccco1. The molecule has 1 aromatic heterocycles. The van der Waals surface area contributed by atoms with Gasteiger partial charge in [-0.3, -0.25) is 0 Å². The third-order valence-corrected chi connectivity index (χ3v) is 5.66. The highest BCUT2D eigenvalue weighted by molar-refractivity contribution is 7.99. The summed E-state index contributed by atoms with van der Waals surface area (Å²) in [6.07, 6.45) is 5.83. The minimum atomic E-state index is 0.681. The zero-order valence-corrected chi connectivity index (χ0v) is 13.2. The van der Waals surface area contributed by atoms with E-state index in [0.717, 1.165) is 35.1 Å². The molecule has 0 amide bonds. The number of nitrogens with one attached hydrogen (secondary N) is 1. The zero-order chi connectivity index (χ0) is 13.7. The van der Waals surface area contributed by atoms with E-state index in [2.05, 4.69) is 43.9 Å². The summed E-state index contributed by atoms with van der Waals surface area (Å²) in [6.45, 7) is 8.02. The Hall–Kier alpha value is -0.410. The second-order valence-corrected chi connectivity index (χ2v) is 7.14. The fourth-order valence-electron chi connectivity index (χ4n) is 3.03. The van der Waals surface area contributed by atoms with E-state index in [1.165, 1.54) is 19.3 Å². The Morgan fingerprint density at radius 2 is 2.26 bits per heavy atom. The fraction of sp³-hybridized carbons (Fsp3) is 0.750. The van der Waals surface area contributed by atoms with Gasteiger partial charge < -0.3 is 9.73 Å². The van der Waals surface area contributed by atoms with E-state index in [1.54, 1.807) is 6.26 Å². The van der Waals surface area contributed by atoms with Crippen LogP contribution in [0.3, 0.4) is 0 Å². The second kappa shape index (κ2) is 7.39. The molecule has 3 heteroatoms. The number of hydrogen-bond donors (Lipinski definition) is 1. The van der Waals surface area contributed by atoms with Crippen LogP contribution in [0.1, 0.15) is 45.8 Å². The van der Waals surface area contributed by atoms with Gasteiger partial charge in [0.2, 0.25) is 0 Å². The summed E-state index contributed by atoms with van der Waals surface area (Å²) in [5.74, 6) is 3.81. The Morgan fingerprint density at radius 1 is 1.42 bits per heavy atom. The molecule has 1 aliphatic carbocycles. The Kier molecular flexibility index (Phi) is 5.83. The van der Waals surface area contributed by atoms with Crippen LogP contribution >= 0.6 is 11.8 Å². The molecule has 0 aliphatic heterocycles. The maximum atomic E-state index is 5.45. The van der Waals surface area contributed by atoms with Gasteiger partial charge in [0.15, 0.2) is 0 Å². The number of rotatable bonds is 6. The van der Waals surface area contributed by atoms with Gasteiger partial charge in [0, 0.05) is 11.3 Å². The third-order valence-electron chi connectivity index (χ3n) is 4.26. The van der Waals surface area contributed by atoms with Gasteiger partial charge >= 0.3 is 0 Å². The summed E-state index contributed by atoms with van der Waals surface area (Å²) < 4.78 is 5.45. The van der Waals surface area contributed by atoms with E-state index in [0.29, 0.717) is 6.04 Å². The molecule has 1 aromatic rings. The van der Waals surface area contributed by atoms with Crippen molar-refractivity contribution >= 4 is 11.8 Å². The Morgan fingerprint density at radius 3 is 2.89 bits per heavy atom. The van der Waals surface area contributed by atoms with Crippen LogP contribution < -0.4 is 5.32 Å². The molecule has 1 heterocycles. The molecule has 1 aliphatic rings. The summed E-state index contributed by atoms with van der Waals surface area (Å²) in [6, 6.07) is 4.74. The maximum absolute atomic E-state index is 5.45. The smallest absolute Gasteiger partial charge is 0.113 e. The van der Waals surface area contributed by atoms with Crippen molar-refractivity contribution in [1.29, 1.82) is 0 Å². The van der Waals surface area contributed by atoms with Gasteiger partial charge in [-0.05, 0) is 49.8 Å². The lowest BCUT2D eigenvalue weighted by atomic mass is 9.79. The largest absolute Gasteiger partial charge is 0.468 e. The van der Waals surface area contributed by atoms with E-state index in [-0.39, 0.29) is 0 Å². The Bertz CT molecular complexity index is 350. The van der Waals surface area contributed by atoms with Crippen molar-refractivity contribution in [3.63, 3.8) is 0 Å². The van der Waals surface area contributed by atoms with Gasteiger partial charge in [-0.1, -0.05) is 20.8 Å². The predicted molar refractivity (Wildman–Crippen MR) is 83.4 cm³/mol. The molecule has 2 rings (SSSR count). The summed E-state index contributed by atoms with van der Waals surface area (Å²) in [7, 11) is 0. The van der Waals surface area contributed by atoms with Crippen molar-refractivity contribution in [3.8, 4) is 0 Å². The summed E-state index contributed by atoms with van der Waals surface area (Å²) in [5, 5.41) is 4.40. The molecule has 1 fully saturated rings. The zero-order valence-electron chi connectivity index (χ0n) is 12.4. The molecule has 0 radical (unpaired) electrons. The summed E-state index contributed by atoms with van der Waals surface area (Å²) >= 11 is 2.07. The van der Waals surface area contributed by atoms with Crippen LogP contribution in [-0.2, 0) is 5.75 Å². The lowest BCUT2D eigenvalue weighted by molar-refractivity contribution is 0.247. The van der Waals surface area contributed by atoms with Crippen molar-refractivity contribution in [2.45, 2.75) is 57.1 Å². The van der Waals surface area contributed by atoms with E-state index in [9.17, 15) is 0 Å². The topological polar surface area (TPSA) is 25.2 Å². The van der Waals surface area contributed by atoms with E-state index in [4.69, 9.17) is 4.42 Å². The number of thioether (sulfide) groups is 1. The molecule has 3 atom stereocenters. The Balaban J connectivity index is 1.90. The van der Waals surface area contributed by atoms with E-state index >= 15 is 0 Å². The molecule has 0 spiro atoms. The van der Waals surface area contributed by atoms with Crippen LogP contribution in [0, 0.1) is 11.8 Å². The van der Waals surface area contributed by atoms with Crippen LogP contribution in [0.4, 0.5) is 0 Å². The van der Waals surface area contributed by atoms with Gasteiger partial charge in [-0.25, -0.2) is 0 Å². The number of hydrogen-bond acceptors (Lipinski definition) is 3. The van der Waals surface area contributed by atoms with Crippen molar-refractivity contribution in [2.24, 2.45) is 11.8 Å². The molecule has 1 saturated carbocycles. The van der Waals surface area contributed by atoms with Gasteiger partial charge in [0.25, 0.3) is 0 Å². The molecular formula is C16H27NOS. The van der Waals surface area contributed by atoms with Crippen LogP contribution in [0.15, 0.2) is 22.8 Å².